The maximum absolute atomic E-state index is 12.4. The van der Waals surface area contributed by atoms with Crippen LogP contribution in [0.15, 0.2) is 12.1 Å². The summed E-state index contributed by atoms with van der Waals surface area (Å²) in [6.07, 6.45) is 0. The summed E-state index contributed by atoms with van der Waals surface area (Å²) in [5, 5.41) is 12.9. The number of ether oxygens (including phenoxy) is 2. The Labute approximate surface area is 104 Å². The van der Waals surface area contributed by atoms with E-state index in [1.165, 1.54) is 13.2 Å². The number of aromatic hydroxyl groups is 1. The Kier molecular flexibility index (Phi) is 2.52. The number of carbonyl (C=O) groups excluding carboxylic acids is 1. The number of rotatable bonds is 1. The summed E-state index contributed by atoms with van der Waals surface area (Å²) in [7, 11) is 1.46. The van der Waals surface area contributed by atoms with Gasteiger partial charge in [0.05, 0.1) is 31.0 Å². The Hall–Kier alpha value is -1.95. The Morgan fingerprint density at radius 1 is 1.56 bits per heavy atom. The monoisotopic (exact) mass is 250 g/mol. The number of hydrogen-bond acceptors (Lipinski definition) is 5. The number of nitrogens with zero attached hydrogens (tertiary/aromatic N) is 1. The van der Waals surface area contributed by atoms with Crippen molar-refractivity contribution in [3.63, 3.8) is 0 Å². The van der Waals surface area contributed by atoms with Crippen LogP contribution >= 0.6 is 0 Å². The van der Waals surface area contributed by atoms with Gasteiger partial charge in [-0.15, -0.1) is 0 Å². The Morgan fingerprint density at radius 2 is 2.39 bits per heavy atom. The number of fused-ring (bicyclic) bond motifs is 2. The zero-order valence-electron chi connectivity index (χ0n) is 9.97. The summed E-state index contributed by atoms with van der Waals surface area (Å²) in [4.78, 5) is 14.1. The second-order valence-corrected chi connectivity index (χ2v) is 4.38. The molecule has 0 spiro atoms. The number of methoxy groups -OCH3 is 1. The van der Waals surface area contributed by atoms with Crippen molar-refractivity contribution in [3.05, 3.63) is 17.7 Å². The molecule has 1 aromatic carbocycles. The van der Waals surface area contributed by atoms with Crippen LogP contribution in [0.1, 0.15) is 10.4 Å². The number of phenolic OH excluding ortho intramolecular Hbond substituents is 1. The lowest BCUT2D eigenvalue weighted by Crippen LogP contribution is -2.38. The Bertz CT molecular complexity index is 503. The number of carbonyl (C=O) groups is 1. The molecule has 1 saturated heterocycles. The number of benzene rings is 1. The fraction of sp³-hybridized carbons (Fsp3) is 0.417. The normalized spacial score (nSPS) is 21.9. The predicted molar refractivity (Wildman–Crippen MR) is 63.9 cm³/mol. The molecule has 0 unspecified atom stereocenters. The van der Waals surface area contributed by atoms with Gasteiger partial charge in [-0.1, -0.05) is 0 Å². The molecule has 2 N–H and O–H groups in total. The molecular weight excluding hydrogens is 236 g/mol. The van der Waals surface area contributed by atoms with Gasteiger partial charge >= 0.3 is 0 Å². The summed E-state index contributed by atoms with van der Waals surface area (Å²) < 4.78 is 10.3. The second kappa shape index (κ2) is 4.06. The highest BCUT2D eigenvalue weighted by molar-refractivity contribution is 6.01. The summed E-state index contributed by atoms with van der Waals surface area (Å²) >= 11 is 0. The third kappa shape index (κ3) is 1.57. The molecular formula is C12H14N2O4. The smallest absolute Gasteiger partial charge is 0.258 e. The average Bonchev–Trinajstić information content (AvgIpc) is 2.79. The van der Waals surface area contributed by atoms with Gasteiger partial charge in [0, 0.05) is 12.6 Å². The molecule has 2 heterocycles. The molecule has 6 nitrogen and oxygen atoms in total. The van der Waals surface area contributed by atoms with Crippen LogP contribution in [0.25, 0.3) is 0 Å². The zero-order chi connectivity index (χ0) is 12.7. The fourth-order valence-corrected chi connectivity index (χ4v) is 2.31. The van der Waals surface area contributed by atoms with Crippen LogP contribution in [0.4, 0.5) is 5.69 Å². The van der Waals surface area contributed by atoms with Crippen LogP contribution in [-0.4, -0.2) is 48.9 Å². The molecule has 0 radical (unpaired) electrons. The molecule has 1 atom stereocenters. The van der Waals surface area contributed by atoms with Crippen LogP contribution in [-0.2, 0) is 4.74 Å². The largest absolute Gasteiger partial charge is 0.504 e. The number of anilines is 1. The zero-order valence-corrected chi connectivity index (χ0v) is 9.97. The number of amides is 1. The highest BCUT2D eigenvalue weighted by Gasteiger charge is 2.34. The first kappa shape index (κ1) is 11.2. The molecule has 2 aliphatic heterocycles. The molecule has 1 fully saturated rings. The summed E-state index contributed by atoms with van der Waals surface area (Å²) in [5.41, 5.74) is 1.13. The second-order valence-electron chi connectivity index (χ2n) is 4.38. The first-order valence-corrected chi connectivity index (χ1v) is 5.74. The van der Waals surface area contributed by atoms with Gasteiger partial charge in [-0.25, -0.2) is 0 Å². The van der Waals surface area contributed by atoms with E-state index >= 15 is 0 Å². The molecule has 18 heavy (non-hydrogen) atoms. The van der Waals surface area contributed by atoms with Crippen molar-refractivity contribution in [2.45, 2.75) is 6.04 Å². The van der Waals surface area contributed by atoms with Crippen molar-refractivity contribution < 1.29 is 19.4 Å². The van der Waals surface area contributed by atoms with E-state index in [1.807, 2.05) is 0 Å². The highest BCUT2D eigenvalue weighted by Crippen LogP contribution is 2.35. The van der Waals surface area contributed by atoms with Crippen molar-refractivity contribution in [1.82, 2.24) is 4.90 Å². The van der Waals surface area contributed by atoms with Gasteiger partial charge in [-0.3, -0.25) is 4.79 Å². The number of nitrogens with one attached hydrogen (secondary N) is 1. The van der Waals surface area contributed by atoms with E-state index in [9.17, 15) is 9.90 Å². The number of phenols is 1. The molecule has 1 amide bonds. The topological polar surface area (TPSA) is 71.0 Å². The van der Waals surface area contributed by atoms with Gasteiger partial charge in [-0.05, 0) is 6.07 Å². The predicted octanol–water partition coefficient (Wildman–Crippen LogP) is 0.625. The van der Waals surface area contributed by atoms with E-state index in [1.54, 1.807) is 11.0 Å². The minimum Gasteiger partial charge on any atom is -0.504 e. The summed E-state index contributed by atoms with van der Waals surface area (Å²) in [6.45, 7) is 1.47. The minimum absolute atomic E-state index is 0.0230. The lowest BCUT2D eigenvalue weighted by Gasteiger charge is -2.18. The molecule has 0 bridgehead atoms. The molecule has 0 aliphatic carbocycles. The first-order chi connectivity index (χ1) is 8.70. The van der Waals surface area contributed by atoms with Gasteiger partial charge in [0.15, 0.2) is 11.5 Å². The van der Waals surface area contributed by atoms with Gasteiger partial charge in [0.1, 0.15) is 6.73 Å². The molecule has 96 valence electrons. The maximum atomic E-state index is 12.4. The van der Waals surface area contributed by atoms with Crippen LogP contribution < -0.4 is 10.1 Å². The van der Waals surface area contributed by atoms with Gasteiger partial charge < -0.3 is 24.8 Å². The molecule has 1 aromatic rings. The highest BCUT2D eigenvalue weighted by atomic mass is 16.5. The SMILES string of the molecule is COc1cc2c(cc1O)NC[C@@H]1COCN1C2=O. The van der Waals surface area contributed by atoms with E-state index in [4.69, 9.17) is 9.47 Å². The quantitative estimate of drug-likeness (QED) is 0.764. The molecule has 0 aromatic heterocycles. The van der Waals surface area contributed by atoms with Crippen molar-refractivity contribution in [2.75, 3.05) is 32.3 Å². The van der Waals surface area contributed by atoms with Crippen LogP contribution in [0.3, 0.4) is 0 Å². The molecule has 2 aliphatic rings. The first-order valence-electron chi connectivity index (χ1n) is 5.74. The van der Waals surface area contributed by atoms with Crippen LogP contribution in [0.5, 0.6) is 11.5 Å². The third-order valence-electron chi connectivity index (χ3n) is 3.32. The van der Waals surface area contributed by atoms with Crippen LogP contribution in [0, 0.1) is 0 Å². The standard InChI is InChI=1S/C12H14N2O4/c1-17-11-2-8-9(3-10(11)15)13-4-7-5-18-6-14(7)12(8)16/h2-3,7,13,15H,4-6H2,1H3/t7-/m1/s1. The van der Waals surface area contributed by atoms with E-state index in [2.05, 4.69) is 5.32 Å². The molecule has 3 rings (SSSR count). The lowest BCUT2D eigenvalue weighted by molar-refractivity contribution is 0.0669. The van der Waals surface area contributed by atoms with Gasteiger partial charge in [0.25, 0.3) is 5.91 Å². The van der Waals surface area contributed by atoms with E-state index in [-0.39, 0.29) is 17.7 Å². The van der Waals surface area contributed by atoms with E-state index in [0.29, 0.717) is 36.9 Å². The number of hydrogen-bond donors (Lipinski definition) is 2. The minimum atomic E-state index is -0.101. The van der Waals surface area contributed by atoms with E-state index < -0.39 is 0 Å². The van der Waals surface area contributed by atoms with E-state index in [0.717, 1.165) is 0 Å². The van der Waals surface area contributed by atoms with Gasteiger partial charge in [-0.2, -0.15) is 0 Å². The average molecular weight is 250 g/mol. The van der Waals surface area contributed by atoms with Gasteiger partial charge in [0.2, 0.25) is 0 Å². The molecule has 6 heteroatoms. The molecule has 0 saturated carbocycles. The third-order valence-corrected chi connectivity index (χ3v) is 3.32. The van der Waals surface area contributed by atoms with Crippen molar-refractivity contribution >= 4 is 11.6 Å². The van der Waals surface area contributed by atoms with Crippen molar-refractivity contribution in [2.24, 2.45) is 0 Å². The van der Waals surface area contributed by atoms with Crippen LogP contribution in [0.2, 0.25) is 0 Å². The fourth-order valence-electron chi connectivity index (χ4n) is 2.31. The Balaban J connectivity index is 2.07. The lowest BCUT2D eigenvalue weighted by atomic mass is 10.1. The Morgan fingerprint density at radius 3 is 3.17 bits per heavy atom. The van der Waals surface area contributed by atoms with Crippen molar-refractivity contribution in [1.29, 1.82) is 0 Å². The van der Waals surface area contributed by atoms with Crippen molar-refractivity contribution in [3.8, 4) is 11.5 Å². The summed E-state index contributed by atoms with van der Waals surface area (Å²) in [6, 6.07) is 3.12. The summed E-state index contributed by atoms with van der Waals surface area (Å²) in [5.74, 6) is 0.216. The maximum Gasteiger partial charge on any atom is 0.258 e.